The molecule has 0 spiro atoms. The molecule has 1 aliphatic carbocycles. The number of hydrogen-bond acceptors (Lipinski definition) is 4. The smallest absolute Gasteiger partial charge is 0.123 e. The maximum Gasteiger partial charge on any atom is 0.123 e. The fourth-order valence-corrected chi connectivity index (χ4v) is 5.60. The van der Waals surface area contributed by atoms with Gasteiger partial charge in [0.25, 0.3) is 0 Å². The lowest BCUT2D eigenvalue weighted by Crippen LogP contribution is -2.51. The first-order valence-electron chi connectivity index (χ1n) is 11.3. The van der Waals surface area contributed by atoms with Crippen LogP contribution in [0.3, 0.4) is 0 Å². The molecule has 160 valence electrons. The minimum Gasteiger partial charge on any atom is -0.354 e. The van der Waals surface area contributed by atoms with Crippen molar-refractivity contribution in [1.29, 1.82) is 0 Å². The molecule has 0 radical (unpaired) electrons. The predicted molar refractivity (Wildman–Crippen MR) is 121 cm³/mol. The second kappa shape index (κ2) is 10.9. The molecule has 3 rings (SSSR count). The number of hydrogen-bond donors (Lipinski definition) is 0. The Morgan fingerprint density at radius 2 is 1.68 bits per heavy atom. The maximum absolute atomic E-state index is 11.5. The van der Waals surface area contributed by atoms with E-state index < -0.39 is 10.8 Å². The Kier molecular flexibility index (Phi) is 8.54. The van der Waals surface area contributed by atoms with Gasteiger partial charge < -0.3 is 9.80 Å². The van der Waals surface area contributed by atoms with Crippen molar-refractivity contribution in [3.8, 4) is 0 Å². The molecule has 0 aromatic rings. The third kappa shape index (κ3) is 5.90. The molecule has 1 saturated carbocycles. The minimum atomic E-state index is -0.571. The molecule has 2 saturated heterocycles. The van der Waals surface area contributed by atoms with Crippen molar-refractivity contribution in [2.45, 2.75) is 39.5 Å². The summed E-state index contributed by atoms with van der Waals surface area (Å²) in [5.41, 5.74) is 1.64. The van der Waals surface area contributed by atoms with Gasteiger partial charge in [0.15, 0.2) is 0 Å². The van der Waals surface area contributed by atoms with Crippen LogP contribution in [0.1, 0.15) is 39.5 Å². The van der Waals surface area contributed by atoms with E-state index in [9.17, 15) is 4.21 Å². The number of aliphatic imine (C=N–C) groups is 1. The van der Waals surface area contributed by atoms with Gasteiger partial charge in [0.2, 0.25) is 0 Å². The van der Waals surface area contributed by atoms with Gasteiger partial charge in [0, 0.05) is 81.7 Å². The zero-order chi connectivity index (χ0) is 19.9. The van der Waals surface area contributed by atoms with Crippen molar-refractivity contribution < 1.29 is 4.21 Å². The topological polar surface area (TPSA) is 39.1 Å². The molecule has 1 atom stereocenters. The van der Waals surface area contributed by atoms with Gasteiger partial charge in [-0.3, -0.25) is 14.1 Å². The van der Waals surface area contributed by atoms with Crippen molar-refractivity contribution in [2.75, 3.05) is 70.9 Å². The summed E-state index contributed by atoms with van der Waals surface area (Å²) in [6, 6.07) is 0. The Morgan fingerprint density at radius 1 is 1.07 bits per heavy atom. The molecule has 2 aliphatic heterocycles. The van der Waals surface area contributed by atoms with E-state index >= 15 is 0 Å². The molecule has 0 amide bonds. The summed E-state index contributed by atoms with van der Waals surface area (Å²) < 4.78 is 11.5. The van der Waals surface area contributed by atoms with Gasteiger partial charge in [-0.15, -0.1) is 0 Å². The Labute approximate surface area is 174 Å². The van der Waals surface area contributed by atoms with E-state index in [0.717, 1.165) is 69.8 Å². The van der Waals surface area contributed by atoms with E-state index in [-0.39, 0.29) is 0 Å². The van der Waals surface area contributed by atoms with Crippen LogP contribution in [0.2, 0.25) is 0 Å². The van der Waals surface area contributed by atoms with E-state index in [1.807, 2.05) is 7.05 Å². The molecule has 0 aromatic heterocycles. The highest BCUT2D eigenvalue weighted by molar-refractivity contribution is 7.85. The van der Waals surface area contributed by atoms with E-state index in [2.05, 4.69) is 39.6 Å². The molecule has 6 heteroatoms. The number of amidine groups is 1. The molecule has 5 nitrogen and oxygen atoms in total. The van der Waals surface area contributed by atoms with Crippen LogP contribution in [0, 0.1) is 11.8 Å². The molecule has 3 fully saturated rings. The van der Waals surface area contributed by atoms with Crippen molar-refractivity contribution in [3.63, 3.8) is 0 Å². The molecule has 28 heavy (non-hydrogen) atoms. The molecule has 0 bridgehead atoms. The first-order chi connectivity index (χ1) is 13.6. The van der Waals surface area contributed by atoms with E-state index in [4.69, 9.17) is 0 Å². The minimum absolute atomic E-state index is 0.571. The molecule has 1 unspecified atom stereocenters. The van der Waals surface area contributed by atoms with Crippen molar-refractivity contribution >= 4 is 16.6 Å². The number of piperazine rings is 1. The van der Waals surface area contributed by atoms with Crippen molar-refractivity contribution in [3.05, 3.63) is 11.6 Å². The van der Waals surface area contributed by atoms with Gasteiger partial charge in [-0.2, -0.15) is 0 Å². The number of allylic oxidation sites excluding steroid dienone is 1. The fourth-order valence-electron chi connectivity index (χ4n) is 4.47. The normalized spacial score (nSPS) is 25.8. The van der Waals surface area contributed by atoms with Gasteiger partial charge in [0.1, 0.15) is 5.84 Å². The zero-order valence-corrected chi connectivity index (χ0v) is 19.1. The van der Waals surface area contributed by atoms with Gasteiger partial charge in [0.05, 0.1) is 0 Å². The predicted octanol–water partition coefficient (Wildman–Crippen LogP) is 2.47. The zero-order valence-electron chi connectivity index (χ0n) is 18.2. The fraction of sp³-hybridized carbons (Fsp3) is 0.864. The number of rotatable bonds is 7. The van der Waals surface area contributed by atoms with Crippen LogP contribution in [-0.2, 0) is 10.8 Å². The second-order valence-corrected chi connectivity index (χ2v) is 10.4. The Morgan fingerprint density at radius 3 is 2.18 bits per heavy atom. The van der Waals surface area contributed by atoms with Crippen LogP contribution in [0.15, 0.2) is 16.6 Å². The third-order valence-corrected chi connectivity index (χ3v) is 8.26. The first kappa shape index (κ1) is 22.0. The lowest BCUT2D eigenvalue weighted by atomic mass is 9.74. The van der Waals surface area contributed by atoms with Crippen LogP contribution in [-0.4, -0.2) is 95.7 Å². The lowest BCUT2D eigenvalue weighted by Gasteiger charge is -2.38. The summed E-state index contributed by atoms with van der Waals surface area (Å²) in [5.74, 6) is 4.38. The first-order valence-corrected chi connectivity index (χ1v) is 12.8. The summed E-state index contributed by atoms with van der Waals surface area (Å²) in [7, 11) is 1.38. The molecule has 0 N–H and O–H groups in total. The van der Waals surface area contributed by atoms with E-state index in [0.29, 0.717) is 5.92 Å². The van der Waals surface area contributed by atoms with Crippen molar-refractivity contribution in [1.82, 2.24) is 14.7 Å². The number of nitrogens with zero attached hydrogens (tertiary/aromatic N) is 4. The highest BCUT2D eigenvalue weighted by atomic mass is 32.2. The molecule has 2 heterocycles. The molecular formula is C22H40N4OS. The van der Waals surface area contributed by atoms with Crippen LogP contribution < -0.4 is 0 Å². The van der Waals surface area contributed by atoms with E-state index in [1.165, 1.54) is 31.5 Å². The summed E-state index contributed by atoms with van der Waals surface area (Å²) in [5, 5.41) is 0. The highest BCUT2D eigenvalue weighted by Gasteiger charge is 2.26. The summed E-state index contributed by atoms with van der Waals surface area (Å²) >= 11 is 0. The quantitative estimate of drug-likeness (QED) is 0.479. The second-order valence-electron chi connectivity index (χ2n) is 8.68. The lowest BCUT2D eigenvalue weighted by molar-refractivity contribution is 0.158. The molecular weight excluding hydrogens is 368 g/mol. The van der Waals surface area contributed by atoms with Crippen LogP contribution >= 0.6 is 0 Å². The molecule has 3 aliphatic rings. The van der Waals surface area contributed by atoms with Gasteiger partial charge >= 0.3 is 0 Å². The summed E-state index contributed by atoms with van der Waals surface area (Å²) in [6.07, 6.45) is 7.78. The standard InChI is InChI=1S/C22H40N4OS/c1-4-19(2)21(20-6-5-7-20)18-22(23-3)26-12-10-24(11-13-26)8-9-25-14-16-28(27)17-15-25/h18-20H,4-17H2,1-3H3/b21-18+,23-22?. The van der Waals surface area contributed by atoms with Gasteiger partial charge in [-0.1, -0.05) is 25.8 Å². The SMILES string of the molecule is CCC(C)/C(=C\C(=NC)N1CCN(CCN2CCS(=O)CC2)CC1)C1CCC1. The van der Waals surface area contributed by atoms with Gasteiger partial charge in [-0.05, 0) is 37.2 Å². The summed E-state index contributed by atoms with van der Waals surface area (Å²) in [4.78, 5) is 12.2. The largest absolute Gasteiger partial charge is 0.354 e. The summed E-state index contributed by atoms with van der Waals surface area (Å²) in [6.45, 7) is 13.3. The van der Waals surface area contributed by atoms with E-state index in [1.54, 1.807) is 5.57 Å². The highest BCUT2D eigenvalue weighted by Crippen LogP contribution is 2.37. The average molecular weight is 409 g/mol. The Hall–Kier alpha value is -0.720. The van der Waals surface area contributed by atoms with Crippen LogP contribution in [0.4, 0.5) is 0 Å². The van der Waals surface area contributed by atoms with Crippen LogP contribution in [0.5, 0.6) is 0 Å². The van der Waals surface area contributed by atoms with Gasteiger partial charge in [-0.25, -0.2) is 0 Å². The molecule has 0 aromatic carbocycles. The Balaban J connectivity index is 1.48. The third-order valence-electron chi connectivity index (χ3n) is 6.98. The van der Waals surface area contributed by atoms with Crippen LogP contribution in [0.25, 0.3) is 0 Å². The monoisotopic (exact) mass is 408 g/mol. The maximum atomic E-state index is 11.5. The Bertz CT molecular complexity index is 562. The van der Waals surface area contributed by atoms with Crippen molar-refractivity contribution in [2.24, 2.45) is 16.8 Å². The average Bonchev–Trinajstić information content (AvgIpc) is 2.69.